The van der Waals surface area contributed by atoms with Crippen LogP contribution in [0.4, 0.5) is 0 Å². The van der Waals surface area contributed by atoms with Crippen molar-refractivity contribution in [2.45, 2.75) is 182 Å². The molecule has 46 heavy (non-hydrogen) atoms. The van der Waals surface area contributed by atoms with E-state index in [1.807, 2.05) is 0 Å². The quantitative estimate of drug-likeness (QED) is 0.0778. The summed E-state index contributed by atoms with van der Waals surface area (Å²) in [5.41, 5.74) is 30.7. The molecule has 0 spiro atoms. The molecule has 0 amide bonds. The SMILES string of the molecule is CCCCCCCCCCCCCCSC[C@H]1O[C@H](O[C@@H]2[C@@H](O)[C@H](O[C@H]3O[C@H](CN)[C@@H](O)C[C@H]3N)[C@@H](N)C[C@H]2N)[C@H](O)[C@@H](N)[C@@H]1O. The van der Waals surface area contributed by atoms with Gasteiger partial charge in [-0.05, 0) is 25.0 Å². The molecule has 0 aromatic carbocycles. The first-order chi connectivity index (χ1) is 22.1. The maximum absolute atomic E-state index is 11.3. The second-order valence-electron chi connectivity index (χ2n) is 13.6. The van der Waals surface area contributed by atoms with Crippen molar-refractivity contribution >= 4 is 11.8 Å². The number of nitrogens with two attached hydrogens (primary N) is 5. The van der Waals surface area contributed by atoms with Gasteiger partial charge < -0.3 is 68.0 Å². The van der Waals surface area contributed by atoms with Gasteiger partial charge >= 0.3 is 0 Å². The molecule has 3 fully saturated rings. The van der Waals surface area contributed by atoms with E-state index in [1.54, 1.807) is 11.8 Å². The highest BCUT2D eigenvalue weighted by Crippen LogP contribution is 2.31. The molecule has 14 atom stereocenters. The molecule has 3 aliphatic rings. The Hall–Kier alpha value is -0.170. The summed E-state index contributed by atoms with van der Waals surface area (Å²) in [4.78, 5) is 0. The van der Waals surface area contributed by atoms with Gasteiger partial charge in [0.05, 0.1) is 36.5 Å². The van der Waals surface area contributed by atoms with E-state index in [9.17, 15) is 20.4 Å². The second kappa shape index (κ2) is 21.1. The van der Waals surface area contributed by atoms with Crippen LogP contribution in [0, 0.1) is 0 Å². The van der Waals surface area contributed by atoms with Crippen molar-refractivity contribution in [1.29, 1.82) is 0 Å². The van der Waals surface area contributed by atoms with E-state index in [4.69, 9.17) is 47.6 Å². The van der Waals surface area contributed by atoms with Crippen molar-refractivity contribution in [3.63, 3.8) is 0 Å². The van der Waals surface area contributed by atoms with Gasteiger partial charge in [-0.25, -0.2) is 0 Å². The Balaban J connectivity index is 1.42. The minimum absolute atomic E-state index is 0.0749. The number of rotatable bonds is 20. The van der Waals surface area contributed by atoms with Gasteiger partial charge in [-0.2, -0.15) is 11.8 Å². The molecular weight excluding hydrogens is 614 g/mol. The number of unbranched alkanes of at least 4 members (excludes halogenated alkanes) is 11. The smallest absolute Gasteiger partial charge is 0.186 e. The zero-order chi connectivity index (χ0) is 33.6. The molecule has 2 saturated heterocycles. The summed E-state index contributed by atoms with van der Waals surface area (Å²) in [5.74, 6) is 1.42. The lowest BCUT2D eigenvalue weighted by Gasteiger charge is -2.48. The predicted octanol–water partition coefficient (Wildman–Crippen LogP) is 0.146. The molecule has 1 aliphatic carbocycles. The van der Waals surface area contributed by atoms with E-state index in [0.717, 1.165) is 12.2 Å². The van der Waals surface area contributed by atoms with E-state index in [0.29, 0.717) is 5.75 Å². The van der Waals surface area contributed by atoms with Crippen LogP contribution in [0.2, 0.25) is 0 Å². The average Bonchev–Trinajstić information content (AvgIpc) is 3.02. The van der Waals surface area contributed by atoms with Crippen LogP contribution < -0.4 is 28.7 Å². The maximum atomic E-state index is 11.3. The van der Waals surface area contributed by atoms with Crippen LogP contribution in [-0.4, -0.2) is 124 Å². The molecule has 272 valence electrons. The lowest BCUT2D eigenvalue weighted by Crippen LogP contribution is -2.68. The lowest BCUT2D eigenvalue weighted by atomic mass is 9.84. The molecule has 13 nitrogen and oxygen atoms in total. The lowest BCUT2D eigenvalue weighted by molar-refractivity contribution is -0.309. The number of ether oxygens (including phenoxy) is 4. The Bertz CT molecular complexity index is 826. The van der Waals surface area contributed by atoms with Gasteiger partial charge in [0, 0.05) is 24.4 Å². The fourth-order valence-corrected chi connectivity index (χ4v) is 7.74. The molecule has 0 aromatic rings. The van der Waals surface area contributed by atoms with Crippen LogP contribution in [0.3, 0.4) is 0 Å². The zero-order valence-electron chi connectivity index (χ0n) is 27.8. The summed E-state index contributed by atoms with van der Waals surface area (Å²) < 4.78 is 23.9. The number of hydrogen-bond donors (Lipinski definition) is 9. The number of thioether (sulfide) groups is 1. The Kier molecular flexibility index (Phi) is 18.5. The molecule has 14 N–H and O–H groups in total. The molecule has 0 bridgehead atoms. The molecule has 14 heteroatoms. The van der Waals surface area contributed by atoms with Crippen molar-refractivity contribution < 1.29 is 39.4 Å². The summed E-state index contributed by atoms with van der Waals surface area (Å²) in [7, 11) is 0. The van der Waals surface area contributed by atoms with Gasteiger partial charge in [0.2, 0.25) is 0 Å². The van der Waals surface area contributed by atoms with Gasteiger partial charge in [-0.3, -0.25) is 0 Å². The highest BCUT2D eigenvalue weighted by molar-refractivity contribution is 7.99. The van der Waals surface area contributed by atoms with Crippen molar-refractivity contribution in [3.05, 3.63) is 0 Å². The fraction of sp³-hybridized carbons (Fsp3) is 1.00. The van der Waals surface area contributed by atoms with Crippen molar-refractivity contribution in [3.8, 4) is 0 Å². The van der Waals surface area contributed by atoms with Crippen LogP contribution in [-0.2, 0) is 18.9 Å². The topological polar surface area (TPSA) is 248 Å². The van der Waals surface area contributed by atoms with Crippen LogP contribution >= 0.6 is 11.8 Å². The highest BCUT2D eigenvalue weighted by atomic mass is 32.2. The van der Waals surface area contributed by atoms with Crippen LogP contribution in [0.1, 0.15) is 96.8 Å². The minimum atomic E-state index is -1.34. The Morgan fingerprint density at radius 2 is 1.15 bits per heavy atom. The summed E-state index contributed by atoms with van der Waals surface area (Å²) in [6.45, 7) is 2.33. The van der Waals surface area contributed by atoms with Crippen molar-refractivity contribution in [2.75, 3.05) is 18.1 Å². The molecule has 0 aromatic heterocycles. The Morgan fingerprint density at radius 1 is 0.630 bits per heavy atom. The monoisotopic (exact) mass is 679 g/mol. The summed E-state index contributed by atoms with van der Waals surface area (Å²) in [6, 6.07) is -3.02. The maximum Gasteiger partial charge on any atom is 0.186 e. The van der Waals surface area contributed by atoms with Crippen molar-refractivity contribution in [2.24, 2.45) is 28.7 Å². The fourth-order valence-electron chi connectivity index (χ4n) is 6.66. The zero-order valence-corrected chi connectivity index (χ0v) is 28.6. The van der Waals surface area contributed by atoms with Crippen LogP contribution in [0.5, 0.6) is 0 Å². The van der Waals surface area contributed by atoms with Gasteiger partial charge in [-0.15, -0.1) is 0 Å². The normalized spacial score (nSPS) is 40.3. The largest absolute Gasteiger partial charge is 0.390 e. The first-order valence-corrected chi connectivity index (χ1v) is 18.9. The molecule has 0 unspecified atom stereocenters. The second-order valence-corrected chi connectivity index (χ2v) is 14.7. The molecule has 3 rings (SSSR count). The molecule has 0 radical (unpaired) electrons. The summed E-state index contributed by atoms with van der Waals surface area (Å²) in [6.07, 6.45) is 5.95. The Labute approximate surface area is 279 Å². The number of aliphatic hydroxyl groups excluding tert-OH is 4. The molecule has 1 saturated carbocycles. The van der Waals surface area contributed by atoms with E-state index in [1.165, 1.54) is 70.6 Å². The van der Waals surface area contributed by atoms with E-state index in [-0.39, 0.29) is 19.4 Å². The molecular formula is C32H65N5O8S. The first kappa shape index (κ1) is 40.3. The van der Waals surface area contributed by atoms with E-state index < -0.39 is 85.6 Å². The van der Waals surface area contributed by atoms with Gasteiger partial charge in [0.15, 0.2) is 12.6 Å². The number of hydrogen-bond acceptors (Lipinski definition) is 14. The molecule has 2 heterocycles. The molecule has 2 aliphatic heterocycles. The van der Waals surface area contributed by atoms with Gasteiger partial charge in [-0.1, -0.05) is 77.6 Å². The predicted molar refractivity (Wildman–Crippen MR) is 180 cm³/mol. The first-order valence-electron chi connectivity index (χ1n) is 17.7. The van der Waals surface area contributed by atoms with E-state index >= 15 is 0 Å². The summed E-state index contributed by atoms with van der Waals surface area (Å²) >= 11 is 1.68. The minimum Gasteiger partial charge on any atom is -0.390 e. The van der Waals surface area contributed by atoms with Crippen molar-refractivity contribution in [1.82, 2.24) is 0 Å². The van der Waals surface area contributed by atoms with Crippen LogP contribution in [0.15, 0.2) is 0 Å². The average molecular weight is 680 g/mol. The Morgan fingerprint density at radius 3 is 1.72 bits per heavy atom. The summed E-state index contributed by atoms with van der Waals surface area (Å²) in [5, 5.41) is 43.0. The third kappa shape index (κ3) is 12.0. The van der Waals surface area contributed by atoms with Gasteiger partial charge in [0.1, 0.15) is 24.4 Å². The third-order valence-electron chi connectivity index (χ3n) is 9.66. The van der Waals surface area contributed by atoms with E-state index in [2.05, 4.69) is 6.92 Å². The third-order valence-corrected chi connectivity index (χ3v) is 10.8. The van der Waals surface area contributed by atoms with Gasteiger partial charge in [0.25, 0.3) is 0 Å². The highest BCUT2D eigenvalue weighted by Gasteiger charge is 2.50. The number of aliphatic hydroxyl groups is 4. The van der Waals surface area contributed by atoms with Crippen LogP contribution in [0.25, 0.3) is 0 Å². The standard InChI is InChI=1S/C32H65N5O8S/c1-2-3-4-5-6-7-8-9-10-11-12-13-14-46-18-24-26(39)25(37)27(40)32(43-24)45-30-20(35)15-19(34)29(28(30)41)44-31-21(36)16-22(38)23(17-33)42-31/h19-32,38-41H,2-18,33-37H2,1H3/t19-,20+,21+,22-,23+,24+,25-,26+,27+,28-,29+,30-,31+,32+/m0/s1.